The molecule has 0 saturated carbocycles. The van der Waals surface area contributed by atoms with Gasteiger partial charge in [0.1, 0.15) is 11.5 Å². The largest absolute Gasteiger partial charge is 0.375 e. The zero-order chi connectivity index (χ0) is 16.9. The molecule has 2 aliphatic rings. The summed E-state index contributed by atoms with van der Waals surface area (Å²) in [5, 5.41) is 2.12. The minimum absolute atomic E-state index is 0.00849. The van der Waals surface area contributed by atoms with Crippen molar-refractivity contribution in [2.45, 2.75) is 38.0 Å². The number of piperidine rings is 1. The fourth-order valence-corrected chi connectivity index (χ4v) is 4.47. The second-order valence-electron chi connectivity index (χ2n) is 6.62. The van der Waals surface area contributed by atoms with Crippen LogP contribution in [0, 0.1) is 6.92 Å². The van der Waals surface area contributed by atoms with Gasteiger partial charge in [-0.15, -0.1) is 11.3 Å². The molecule has 0 aromatic carbocycles. The maximum atomic E-state index is 12.5. The van der Waals surface area contributed by atoms with Gasteiger partial charge in [-0.2, -0.15) is 0 Å². The monoisotopic (exact) mass is 345 g/mol. The normalized spacial score (nSPS) is 18.8. The molecule has 2 aromatic heterocycles. The Morgan fingerprint density at radius 2 is 2.08 bits per heavy atom. The maximum Gasteiger partial charge on any atom is 0.273 e. The lowest BCUT2D eigenvalue weighted by molar-refractivity contribution is 0.0658. The van der Waals surface area contributed by atoms with Crippen LogP contribution < -0.4 is 11.3 Å². The maximum absolute atomic E-state index is 12.5. The predicted molar refractivity (Wildman–Crippen MR) is 91.3 cm³/mol. The molecular formula is C16H19N5O2S. The van der Waals surface area contributed by atoms with E-state index >= 15 is 0 Å². The molecule has 0 unspecified atom stereocenters. The summed E-state index contributed by atoms with van der Waals surface area (Å²) < 4.78 is 0. The summed E-state index contributed by atoms with van der Waals surface area (Å²) in [5.74, 6) is 0.600. The fourth-order valence-electron chi connectivity index (χ4n) is 3.94. The quantitative estimate of drug-likeness (QED) is 0.809. The minimum atomic E-state index is -0.0638. The number of nitrogens with one attached hydrogen (secondary N) is 1. The number of aromatic nitrogens is 3. The van der Waals surface area contributed by atoms with Gasteiger partial charge in [0.2, 0.25) is 0 Å². The van der Waals surface area contributed by atoms with E-state index in [4.69, 9.17) is 5.73 Å². The van der Waals surface area contributed by atoms with Crippen LogP contribution in [0.5, 0.6) is 0 Å². The van der Waals surface area contributed by atoms with E-state index in [0.29, 0.717) is 29.7 Å². The Bertz CT molecular complexity index is 864. The number of fused-ring (bicyclic) bond motifs is 2. The second-order valence-corrected chi connectivity index (χ2v) is 7.51. The van der Waals surface area contributed by atoms with Crippen LogP contribution in [-0.4, -0.2) is 38.8 Å². The highest BCUT2D eigenvalue weighted by Gasteiger charge is 2.44. The molecule has 0 bridgehead atoms. The molecule has 1 spiro atoms. The van der Waals surface area contributed by atoms with Gasteiger partial charge in [-0.1, -0.05) is 0 Å². The summed E-state index contributed by atoms with van der Waals surface area (Å²) in [6.07, 6.45) is 3.38. The summed E-state index contributed by atoms with van der Waals surface area (Å²) in [7, 11) is 0. The lowest BCUT2D eigenvalue weighted by atomic mass is 9.76. The number of anilines is 1. The summed E-state index contributed by atoms with van der Waals surface area (Å²) >= 11 is 1.28. The molecule has 1 saturated heterocycles. The van der Waals surface area contributed by atoms with Crippen LogP contribution in [0.2, 0.25) is 0 Å². The standard InChI is InChI=1S/C16H19N5O2S/c1-9-18-12-10(13(22)19-9)2-3-16(12)4-6-21(7-5-16)14(23)11-8-24-15(17)20-11/h8H,2-7H2,1H3,(H2,17,20)(H,18,19,22). The van der Waals surface area contributed by atoms with Crippen molar-refractivity contribution in [3.05, 3.63) is 38.5 Å². The molecule has 7 nitrogen and oxygen atoms in total. The molecule has 1 amide bonds. The van der Waals surface area contributed by atoms with E-state index < -0.39 is 0 Å². The number of H-pyrrole nitrogens is 1. The van der Waals surface area contributed by atoms with Crippen molar-refractivity contribution >= 4 is 22.4 Å². The number of aromatic amines is 1. The first-order chi connectivity index (χ1) is 11.5. The van der Waals surface area contributed by atoms with E-state index in [1.165, 1.54) is 11.3 Å². The number of nitrogens with two attached hydrogens (primary N) is 1. The molecule has 3 N–H and O–H groups in total. The Kier molecular flexibility index (Phi) is 3.45. The van der Waals surface area contributed by atoms with E-state index in [2.05, 4.69) is 15.0 Å². The first kappa shape index (κ1) is 15.3. The zero-order valence-corrected chi connectivity index (χ0v) is 14.3. The van der Waals surface area contributed by atoms with E-state index in [-0.39, 0.29) is 16.9 Å². The van der Waals surface area contributed by atoms with Crippen LogP contribution in [0.4, 0.5) is 5.13 Å². The van der Waals surface area contributed by atoms with Crippen molar-refractivity contribution in [2.75, 3.05) is 18.8 Å². The topological polar surface area (TPSA) is 105 Å². The van der Waals surface area contributed by atoms with Crippen molar-refractivity contribution in [3.63, 3.8) is 0 Å². The minimum Gasteiger partial charge on any atom is -0.375 e. The van der Waals surface area contributed by atoms with E-state index in [1.54, 1.807) is 5.38 Å². The molecular weight excluding hydrogens is 326 g/mol. The number of nitrogen functional groups attached to an aromatic ring is 1. The van der Waals surface area contributed by atoms with Gasteiger partial charge in [0, 0.05) is 29.4 Å². The molecule has 24 heavy (non-hydrogen) atoms. The lowest BCUT2D eigenvalue weighted by Crippen LogP contribution is -2.45. The smallest absolute Gasteiger partial charge is 0.273 e. The van der Waals surface area contributed by atoms with Gasteiger partial charge in [-0.25, -0.2) is 9.97 Å². The molecule has 4 rings (SSSR count). The highest BCUT2D eigenvalue weighted by Crippen LogP contribution is 2.44. The molecule has 8 heteroatoms. The average molecular weight is 345 g/mol. The Labute approximate surface area is 142 Å². The van der Waals surface area contributed by atoms with Crippen LogP contribution in [0.25, 0.3) is 0 Å². The third-order valence-electron chi connectivity index (χ3n) is 5.24. The highest BCUT2D eigenvalue weighted by molar-refractivity contribution is 7.13. The van der Waals surface area contributed by atoms with E-state index in [0.717, 1.165) is 36.9 Å². The number of aryl methyl sites for hydroxylation is 1. The van der Waals surface area contributed by atoms with Crippen molar-refractivity contribution in [1.29, 1.82) is 0 Å². The summed E-state index contributed by atoms with van der Waals surface area (Å²) in [6, 6.07) is 0. The molecule has 3 heterocycles. The third-order valence-corrected chi connectivity index (χ3v) is 5.91. The fraction of sp³-hybridized carbons (Fsp3) is 0.500. The Morgan fingerprint density at radius 1 is 1.33 bits per heavy atom. The van der Waals surface area contributed by atoms with Crippen LogP contribution in [0.15, 0.2) is 10.2 Å². The summed E-state index contributed by atoms with van der Waals surface area (Å²) in [5.41, 5.74) is 7.75. The van der Waals surface area contributed by atoms with Crippen LogP contribution in [0.3, 0.4) is 0 Å². The van der Waals surface area contributed by atoms with Gasteiger partial charge < -0.3 is 15.6 Å². The molecule has 2 aromatic rings. The van der Waals surface area contributed by atoms with Gasteiger partial charge in [0.05, 0.1) is 5.69 Å². The molecule has 126 valence electrons. The second kappa shape index (κ2) is 5.41. The number of amides is 1. The van der Waals surface area contributed by atoms with Crippen molar-refractivity contribution in [2.24, 2.45) is 0 Å². The highest BCUT2D eigenvalue weighted by atomic mass is 32.1. The number of thiazole rings is 1. The van der Waals surface area contributed by atoms with E-state index in [9.17, 15) is 9.59 Å². The van der Waals surface area contributed by atoms with Gasteiger partial charge in [-0.3, -0.25) is 9.59 Å². The number of rotatable bonds is 1. The van der Waals surface area contributed by atoms with Crippen LogP contribution >= 0.6 is 11.3 Å². The van der Waals surface area contributed by atoms with E-state index in [1.807, 2.05) is 11.8 Å². The number of carbonyl (C=O) groups is 1. The first-order valence-corrected chi connectivity index (χ1v) is 8.97. The zero-order valence-electron chi connectivity index (χ0n) is 13.5. The lowest BCUT2D eigenvalue weighted by Gasteiger charge is -2.39. The SMILES string of the molecule is Cc1nc2c(c(=O)[nH]1)CCC21CCN(C(=O)c2csc(N)n2)CC1. The molecule has 1 aliphatic heterocycles. The van der Waals surface area contributed by atoms with Gasteiger partial charge >= 0.3 is 0 Å². The van der Waals surface area contributed by atoms with Crippen LogP contribution in [-0.2, 0) is 11.8 Å². The Balaban J connectivity index is 1.56. The van der Waals surface area contributed by atoms with Crippen molar-refractivity contribution in [3.8, 4) is 0 Å². The number of likely N-dealkylation sites (tertiary alicyclic amines) is 1. The molecule has 1 fully saturated rings. The third kappa shape index (κ3) is 2.32. The molecule has 0 atom stereocenters. The summed E-state index contributed by atoms with van der Waals surface area (Å²) in [6.45, 7) is 3.13. The van der Waals surface area contributed by atoms with Crippen LogP contribution in [0.1, 0.15) is 46.8 Å². The number of nitrogens with zero attached hydrogens (tertiary/aromatic N) is 3. The van der Waals surface area contributed by atoms with Crippen molar-refractivity contribution in [1.82, 2.24) is 19.9 Å². The number of hydrogen-bond donors (Lipinski definition) is 2. The average Bonchev–Trinajstić information content (AvgIpc) is 3.13. The van der Waals surface area contributed by atoms with Gasteiger partial charge in [0.15, 0.2) is 5.13 Å². The first-order valence-electron chi connectivity index (χ1n) is 8.09. The van der Waals surface area contributed by atoms with Gasteiger partial charge in [0.25, 0.3) is 11.5 Å². The number of hydrogen-bond acceptors (Lipinski definition) is 6. The Hall–Kier alpha value is -2.22. The molecule has 0 radical (unpaired) electrons. The predicted octanol–water partition coefficient (Wildman–Crippen LogP) is 1.24. The van der Waals surface area contributed by atoms with Crippen molar-refractivity contribution < 1.29 is 4.79 Å². The molecule has 1 aliphatic carbocycles. The Morgan fingerprint density at radius 3 is 2.75 bits per heavy atom. The number of carbonyl (C=O) groups excluding carboxylic acids is 1. The van der Waals surface area contributed by atoms with Gasteiger partial charge in [-0.05, 0) is 32.6 Å². The summed E-state index contributed by atoms with van der Waals surface area (Å²) in [4.78, 5) is 38.0.